The van der Waals surface area contributed by atoms with Crippen LogP contribution < -0.4 is 5.32 Å². The van der Waals surface area contributed by atoms with Crippen LogP contribution in [-0.4, -0.2) is 28.3 Å². The highest BCUT2D eigenvalue weighted by atomic mass is 35.5. The zero-order chi connectivity index (χ0) is 24.7. The quantitative estimate of drug-likeness (QED) is 0.457. The Hall–Kier alpha value is -3.18. The topological polar surface area (TPSA) is 49.4 Å². The number of halogens is 2. The van der Waals surface area contributed by atoms with E-state index < -0.39 is 17.4 Å². The number of benzene rings is 3. The van der Waals surface area contributed by atoms with Crippen molar-refractivity contribution in [3.8, 4) is 0 Å². The largest absolute Gasteiger partial charge is 0.350 e. The number of hydrogen-bond acceptors (Lipinski definition) is 2. The Kier molecular flexibility index (Phi) is 8.46. The summed E-state index contributed by atoms with van der Waals surface area (Å²) in [7, 11) is 0. The molecule has 34 heavy (non-hydrogen) atoms. The summed E-state index contributed by atoms with van der Waals surface area (Å²) >= 11 is 6.04. The second kappa shape index (κ2) is 11.3. The van der Waals surface area contributed by atoms with Crippen LogP contribution in [0.3, 0.4) is 0 Å². The number of carbonyl (C=O) groups is 2. The van der Waals surface area contributed by atoms with Crippen molar-refractivity contribution in [2.24, 2.45) is 0 Å². The first-order chi connectivity index (χ1) is 16.1. The molecule has 3 rings (SSSR count). The highest BCUT2D eigenvalue weighted by Crippen LogP contribution is 2.19. The fourth-order valence-electron chi connectivity index (χ4n) is 3.70. The molecular weight excluding hydrogens is 451 g/mol. The van der Waals surface area contributed by atoms with Gasteiger partial charge < -0.3 is 10.2 Å². The maximum Gasteiger partial charge on any atom is 0.243 e. The molecule has 6 heteroatoms. The van der Waals surface area contributed by atoms with Crippen molar-refractivity contribution in [3.05, 3.63) is 106 Å². The molecule has 2 amide bonds. The van der Waals surface area contributed by atoms with Gasteiger partial charge >= 0.3 is 0 Å². The van der Waals surface area contributed by atoms with Crippen LogP contribution in [-0.2, 0) is 29.0 Å². The first-order valence-corrected chi connectivity index (χ1v) is 11.6. The molecule has 1 N–H and O–H groups in total. The second-order valence-corrected chi connectivity index (χ2v) is 9.80. The Bertz CT molecular complexity index is 1110. The highest BCUT2D eigenvalue weighted by Gasteiger charge is 2.32. The molecule has 0 unspecified atom stereocenters. The third-order valence-electron chi connectivity index (χ3n) is 5.33. The van der Waals surface area contributed by atoms with Gasteiger partial charge in [0, 0.05) is 23.5 Å². The van der Waals surface area contributed by atoms with Gasteiger partial charge in [-0.3, -0.25) is 9.59 Å². The fraction of sp³-hybridized carbons (Fsp3) is 0.286. The van der Waals surface area contributed by atoms with Crippen molar-refractivity contribution in [2.45, 2.75) is 51.7 Å². The summed E-state index contributed by atoms with van der Waals surface area (Å²) < 4.78 is 14.3. The van der Waals surface area contributed by atoms with Gasteiger partial charge in [-0.1, -0.05) is 72.3 Å². The number of nitrogens with one attached hydrogen (secondary N) is 1. The van der Waals surface area contributed by atoms with Crippen LogP contribution in [0.4, 0.5) is 4.39 Å². The number of carbonyl (C=O) groups excluding carboxylic acids is 2. The van der Waals surface area contributed by atoms with E-state index in [0.29, 0.717) is 17.0 Å². The average Bonchev–Trinajstić information content (AvgIpc) is 2.78. The molecule has 0 fully saturated rings. The third-order valence-corrected chi connectivity index (χ3v) is 5.59. The molecule has 3 aromatic rings. The maximum atomic E-state index is 14.3. The SMILES string of the molecule is CC(C)(C)NC(=O)[C@H](Cc1ccccc1)N(Cc1ccc(Cl)cc1)C(=O)Cc1ccccc1F. The first-order valence-electron chi connectivity index (χ1n) is 11.3. The molecule has 0 bridgehead atoms. The Morgan fingerprint density at radius 2 is 1.53 bits per heavy atom. The van der Waals surface area contributed by atoms with Gasteiger partial charge in [0.2, 0.25) is 11.8 Å². The van der Waals surface area contributed by atoms with Gasteiger partial charge in [-0.05, 0) is 55.7 Å². The van der Waals surface area contributed by atoms with Gasteiger partial charge in [0.05, 0.1) is 6.42 Å². The number of nitrogens with zero attached hydrogens (tertiary/aromatic N) is 1. The summed E-state index contributed by atoms with van der Waals surface area (Å²) in [5.74, 6) is -1.03. The van der Waals surface area contributed by atoms with Crippen molar-refractivity contribution in [1.29, 1.82) is 0 Å². The Labute approximate surface area is 205 Å². The molecule has 1 atom stereocenters. The molecule has 0 aromatic heterocycles. The molecule has 178 valence electrons. The molecule has 0 aliphatic carbocycles. The van der Waals surface area contributed by atoms with E-state index >= 15 is 0 Å². The summed E-state index contributed by atoms with van der Waals surface area (Å²) in [5.41, 5.74) is 1.57. The van der Waals surface area contributed by atoms with Crippen LogP contribution in [0.2, 0.25) is 5.02 Å². The van der Waals surface area contributed by atoms with Gasteiger partial charge in [-0.15, -0.1) is 0 Å². The van der Waals surface area contributed by atoms with Crippen molar-refractivity contribution in [2.75, 3.05) is 0 Å². The van der Waals surface area contributed by atoms with E-state index in [1.807, 2.05) is 63.2 Å². The van der Waals surface area contributed by atoms with Crippen LogP contribution in [0.1, 0.15) is 37.5 Å². The second-order valence-electron chi connectivity index (χ2n) is 9.36. The van der Waals surface area contributed by atoms with Crippen LogP contribution in [0.5, 0.6) is 0 Å². The summed E-state index contributed by atoms with van der Waals surface area (Å²) in [5, 5.41) is 3.60. The normalized spacial score (nSPS) is 12.1. The lowest BCUT2D eigenvalue weighted by Gasteiger charge is -2.34. The standard InChI is InChI=1S/C28H30ClFN2O2/c1-28(2,3)31-27(34)25(17-20-9-5-4-6-10-20)32(19-21-13-15-23(29)16-14-21)26(33)18-22-11-7-8-12-24(22)30/h4-16,25H,17-19H2,1-3H3,(H,31,34)/t25-/m0/s1. The predicted octanol–water partition coefficient (Wildman–Crippen LogP) is 5.58. The smallest absolute Gasteiger partial charge is 0.243 e. The summed E-state index contributed by atoms with van der Waals surface area (Å²) in [4.78, 5) is 28.6. The van der Waals surface area contributed by atoms with Gasteiger partial charge in [0.15, 0.2) is 0 Å². The first kappa shape index (κ1) is 25.4. The van der Waals surface area contributed by atoms with E-state index in [2.05, 4.69) is 5.32 Å². The molecule has 0 aliphatic heterocycles. The molecule has 0 radical (unpaired) electrons. The molecule has 0 spiro atoms. The third kappa shape index (κ3) is 7.42. The minimum absolute atomic E-state index is 0.144. The molecule has 0 aliphatic rings. The number of amides is 2. The monoisotopic (exact) mass is 480 g/mol. The Balaban J connectivity index is 1.99. The Morgan fingerprint density at radius 3 is 2.15 bits per heavy atom. The van der Waals surface area contributed by atoms with Gasteiger partial charge in [0.25, 0.3) is 0 Å². The number of rotatable bonds is 8. The summed E-state index contributed by atoms with van der Waals surface area (Å²) in [6, 6.07) is 22.1. The molecule has 0 heterocycles. The molecule has 3 aromatic carbocycles. The van der Waals surface area contributed by atoms with E-state index in [4.69, 9.17) is 11.6 Å². The lowest BCUT2D eigenvalue weighted by Crippen LogP contribution is -2.54. The van der Waals surface area contributed by atoms with Crippen molar-refractivity contribution in [1.82, 2.24) is 10.2 Å². The zero-order valence-electron chi connectivity index (χ0n) is 19.7. The molecule has 0 saturated carbocycles. The van der Waals surface area contributed by atoms with Crippen LogP contribution in [0.15, 0.2) is 78.9 Å². The van der Waals surface area contributed by atoms with E-state index in [9.17, 15) is 14.0 Å². The highest BCUT2D eigenvalue weighted by molar-refractivity contribution is 6.30. The van der Waals surface area contributed by atoms with Crippen LogP contribution in [0, 0.1) is 5.82 Å². The van der Waals surface area contributed by atoms with Crippen molar-refractivity contribution < 1.29 is 14.0 Å². The fourth-order valence-corrected chi connectivity index (χ4v) is 3.83. The van der Waals surface area contributed by atoms with E-state index in [1.54, 1.807) is 35.2 Å². The number of hydrogen-bond donors (Lipinski definition) is 1. The van der Waals surface area contributed by atoms with Crippen molar-refractivity contribution in [3.63, 3.8) is 0 Å². The van der Waals surface area contributed by atoms with E-state index in [0.717, 1.165) is 11.1 Å². The van der Waals surface area contributed by atoms with Crippen LogP contribution >= 0.6 is 11.6 Å². The van der Waals surface area contributed by atoms with Crippen LogP contribution in [0.25, 0.3) is 0 Å². The molecule has 4 nitrogen and oxygen atoms in total. The lowest BCUT2D eigenvalue weighted by molar-refractivity contribution is -0.141. The minimum atomic E-state index is -0.781. The lowest BCUT2D eigenvalue weighted by atomic mass is 9.99. The predicted molar refractivity (Wildman–Crippen MR) is 134 cm³/mol. The van der Waals surface area contributed by atoms with Gasteiger partial charge in [-0.25, -0.2) is 4.39 Å². The van der Waals surface area contributed by atoms with Gasteiger partial charge in [0.1, 0.15) is 11.9 Å². The maximum absolute atomic E-state index is 14.3. The average molecular weight is 481 g/mol. The molecule has 0 saturated heterocycles. The van der Waals surface area contributed by atoms with Gasteiger partial charge in [-0.2, -0.15) is 0 Å². The van der Waals surface area contributed by atoms with E-state index in [1.165, 1.54) is 6.07 Å². The van der Waals surface area contributed by atoms with Crippen molar-refractivity contribution >= 4 is 23.4 Å². The van der Waals surface area contributed by atoms with E-state index in [-0.39, 0.29) is 24.8 Å². The summed E-state index contributed by atoms with van der Waals surface area (Å²) in [6.07, 6.45) is 0.188. The minimum Gasteiger partial charge on any atom is -0.350 e. The molecular formula is C28H30ClFN2O2. The summed E-state index contributed by atoms with van der Waals surface area (Å²) in [6.45, 7) is 5.89. The Morgan fingerprint density at radius 1 is 0.912 bits per heavy atom. The zero-order valence-corrected chi connectivity index (χ0v) is 20.5.